The third-order valence-corrected chi connectivity index (χ3v) is 7.41. The van der Waals surface area contributed by atoms with E-state index in [0.717, 1.165) is 12.0 Å². The molecule has 6 heteroatoms. The second-order valence-electron chi connectivity index (χ2n) is 9.14. The first kappa shape index (κ1) is 26.5. The van der Waals surface area contributed by atoms with Crippen molar-refractivity contribution in [2.45, 2.75) is 83.8 Å². The largest absolute Gasteiger partial charge is 0.392 e. The molecule has 1 N–H and O–H groups in total. The monoisotopic (exact) mass is 440 g/mol. The van der Waals surface area contributed by atoms with Crippen LogP contribution in [-0.2, 0) is 23.7 Å². The van der Waals surface area contributed by atoms with Gasteiger partial charge in [0.15, 0.2) is 6.29 Å². The van der Waals surface area contributed by atoms with Crippen LogP contribution < -0.4 is 0 Å². The summed E-state index contributed by atoms with van der Waals surface area (Å²) in [6.45, 7) is 8.70. The maximum atomic E-state index is 10.7. The van der Waals surface area contributed by atoms with Crippen molar-refractivity contribution in [3.63, 3.8) is 0 Å². The fraction of sp³-hybridized carbons (Fsp3) is 0.840. The van der Waals surface area contributed by atoms with Crippen LogP contribution in [-0.4, -0.2) is 70.4 Å². The number of aliphatic hydroxyl groups excluding tert-OH is 1. The van der Waals surface area contributed by atoms with E-state index in [0.29, 0.717) is 36.5 Å². The molecule has 0 aromatic rings. The zero-order valence-corrected chi connectivity index (χ0v) is 20.6. The quantitative estimate of drug-likeness (QED) is 0.463. The molecule has 0 spiro atoms. The van der Waals surface area contributed by atoms with Gasteiger partial charge in [0, 0.05) is 34.9 Å². The summed E-state index contributed by atoms with van der Waals surface area (Å²) >= 11 is 0. The maximum absolute atomic E-state index is 10.7. The first-order valence-corrected chi connectivity index (χ1v) is 11.6. The van der Waals surface area contributed by atoms with Crippen LogP contribution in [0.2, 0.25) is 0 Å². The van der Waals surface area contributed by atoms with Crippen molar-refractivity contribution in [1.82, 2.24) is 0 Å². The third-order valence-electron chi connectivity index (χ3n) is 7.41. The predicted molar refractivity (Wildman–Crippen MR) is 122 cm³/mol. The molecule has 6 nitrogen and oxygen atoms in total. The Balaban J connectivity index is 1.91. The Hall–Kier alpha value is -0.760. The van der Waals surface area contributed by atoms with E-state index in [9.17, 15) is 5.11 Å². The highest BCUT2D eigenvalue weighted by Gasteiger charge is 2.54. The lowest BCUT2D eigenvalue weighted by Crippen LogP contribution is -2.49. The summed E-state index contributed by atoms with van der Waals surface area (Å²) in [4.78, 5) is 0. The van der Waals surface area contributed by atoms with E-state index in [1.807, 2.05) is 25.2 Å². The molecule has 1 heterocycles. The Morgan fingerprint density at radius 2 is 1.77 bits per heavy atom. The van der Waals surface area contributed by atoms with Gasteiger partial charge in [-0.1, -0.05) is 39.0 Å². The number of allylic oxidation sites excluding steroid dienone is 2. The van der Waals surface area contributed by atoms with Gasteiger partial charge in [-0.2, -0.15) is 0 Å². The average molecular weight is 441 g/mol. The lowest BCUT2D eigenvalue weighted by molar-refractivity contribution is -0.256. The SMILES string of the molecule is CCC(OC)C(C)C1C(C(O)C/C=C/C=C(\C)C2OC(OC)C(OC)CC2OC)[C@@H]1C. The molecule has 0 bridgehead atoms. The first-order chi connectivity index (χ1) is 14.8. The molecular formula is C25H44O6. The van der Waals surface area contributed by atoms with Gasteiger partial charge in [-0.15, -0.1) is 0 Å². The first-order valence-electron chi connectivity index (χ1n) is 11.6. The molecule has 2 rings (SSSR count). The van der Waals surface area contributed by atoms with E-state index < -0.39 is 6.29 Å². The second-order valence-corrected chi connectivity index (χ2v) is 9.14. The summed E-state index contributed by atoms with van der Waals surface area (Å²) in [6.07, 6.45) is 7.57. The van der Waals surface area contributed by atoms with Crippen LogP contribution in [0.1, 0.15) is 47.0 Å². The predicted octanol–water partition coefficient (Wildman–Crippen LogP) is 3.97. The molecule has 1 saturated heterocycles. The molecule has 2 aliphatic rings. The number of rotatable bonds is 12. The summed E-state index contributed by atoms with van der Waals surface area (Å²) in [7, 11) is 6.77. The third kappa shape index (κ3) is 6.40. The molecule has 0 aromatic carbocycles. The molecule has 2 fully saturated rings. The number of methoxy groups -OCH3 is 4. The highest BCUT2D eigenvalue weighted by Crippen LogP contribution is 2.54. The van der Waals surface area contributed by atoms with Crippen molar-refractivity contribution < 1.29 is 28.8 Å². The molecule has 31 heavy (non-hydrogen) atoms. The van der Waals surface area contributed by atoms with Crippen LogP contribution in [0.15, 0.2) is 23.8 Å². The Kier molecular flexibility index (Phi) is 10.7. The minimum Gasteiger partial charge on any atom is -0.392 e. The summed E-state index contributed by atoms with van der Waals surface area (Å²) in [5, 5.41) is 10.7. The molecule has 9 unspecified atom stereocenters. The van der Waals surface area contributed by atoms with E-state index >= 15 is 0 Å². The molecule has 0 radical (unpaired) electrons. The summed E-state index contributed by atoms with van der Waals surface area (Å²) in [5.41, 5.74) is 1.06. The minimum absolute atomic E-state index is 0.0894. The van der Waals surface area contributed by atoms with E-state index in [2.05, 4.69) is 20.8 Å². The maximum Gasteiger partial charge on any atom is 0.184 e. The number of hydrogen-bond acceptors (Lipinski definition) is 6. The highest BCUT2D eigenvalue weighted by atomic mass is 16.7. The summed E-state index contributed by atoms with van der Waals surface area (Å²) in [5.74, 6) is 1.89. The van der Waals surface area contributed by atoms with Crippen LogP contribution >= 0.6 is 0 Å². The van der Waals surface area contributed by atoms with Gasteiger partial charge in [0.05, 0.1) is 18.3 Å². The van der Waals surface area contributed by atoms with Crippen LogP contribution in [0.25, 0.3) is 0 Å². The topological polar surface area (TPSA) is 66.4 Å². The standard InChI is InChI=1S/C25H44O6/c1-9-19(27-5)16(3)22-17(4)23(22)18(26)13-11-10-12-15(2)24-20(28-6)14-21(29-7)25(30-8)31-24/h10-12,16-26H,9,13-14H2,1-8H3/b11-10+,15-12+/t16?,17-,18?,19?,20?,21?,22?,23?,24?,25?/m1/s1. The summed E-state index contributed by atoms with van der Waals surface area (Å²) < 4.78 is 28.3. The van der Waals surface area contributed by atoms with E-state index in [-0.39, 0.29) is 30.5 Å². The lowest BCUT2D eigenvalue weighted by Gasteiger charge is -2.39. The van der Waals surface area contributed by atoms with Gasteiger partial charge in [-0.3, -0.25) is 0 Å². The Morgan fingerprint density at radius 1 is 1.10 bits per heavy atom. The minimum atomic E-state index is -0.412. The lowest BCUT2D eigenvalue weighted by atomic mass is 9.93. The second kappa shape index (κ2) is 12.5. The molecular weight excluding hydrogens is 396 g/mol. The van der Waals surface area contributed by atoms with E-state index in [4.69, 9.17) is 23.7 Å². The van der Waals surface area contributed by atoms with Crippen LogP contribution in [0, 0.1) is 23.7 Å². The van der Waals surface area contributed by atoms with Crippen molar-refractivity contribution >= 4 is 0 Å². The average Bonchev–Trinajstić information content (AvgIpc) is 3.46. The Bertz CT molecular complexity index is 587. The van der Waals surface area contributed by atoms with Gasteiger partial charge in [0.25, 0.3) is 0 Å². The molecule has 180 valence electrons. The smallest absolute Gasteiger partial charge is 0.184 e. The molecule has 10 atom stereocenters. The molecule has 1 aliphatic carbocycles. The van der Waals surface area contributed by atoms with Crippen molar-refractivity contribution in [1.29, 1.82) is 0 Å². The van der Waals surface area contributed by atoms with Gasteiger partial charge in [0.2, 0.25) is 0 Å². The zero-order chi connectivity index (χ0) is 23.1. The van der Waals surface area contributed by atoms with Crippen molar-refractivity contribution in [2.24, 2.45) is 23.7 Å². The number of ether oxygens (including phenoxy) is 5. The highest BCUT2D eigenvalue weighted by molar-refractivity contribution is 5.17. The molecule has 0 aromatic heterocycles. The summed E-state index contributed by atoms with van der Waals surface area (Å²) in [6, 6.07) is 0. The van der Waals surface area contributed by atoms with Crippen molar-refractivity contribution in [2.75, 3.05) is 28.4 Å². The van der Waals surface area contributed by atoms with Gasteiger partial charge in [-0.25, -0.2) is 0 Å². The van der Waals surface area contributed by atoms with E-state index in [1.54, 1.807) is 28.4 Å². The van der Waals surface area contributed by atoms with Gasteiger partial charge in [0.1, 0.15) is 12.2 Å². The van der Waals surface area contributed by atoms with Crippen molar-refractivity contribution in [3.8, 4) is 0 Å². The fourth-order valence-electron chi connectivity index (χ4n) is 5.47. The normalized spacial score (nSPS) is 37.1. The van der Waals surface area contributed by atoms with Gasteiger partial charge in [-0.05, 0) is 49.0 Å². The molecule has 1 aliphatic heterocycles. The van der Waals surface area contributed by atoms with Gasteiger partial charge >= 0.3 is 0 Å². The number of aliphatic hydroxyl groups is 1. The zero-order valence-electron chi connectivity index (χ0n) is 20.6. The van der Waals surface area contributed by atoms with E-state index in [1.165, 1.54) is 0 Å². The molecule has 1 saturated carbocycles. The number of hydrogen-bond donors (Lipinski definition) is 1. The van der Waals surface area contributed by atoms with Crippen LogP contribution in [0.3, 0.4) is 0 Å². The van der Waals surface area contributed by atoms with Crippen LogP contribution in [0.5, 0.6) is 0 Å². The fourth-order valence-corrected chi connectivity index (χ4v) is 5.47. The van der Waals surface area contributed by atoms with Gasteiger partial charge < -0.3 is 28.8 Å². The molecule has 0 amide bonds. The van der Waals surface area contributed by atoms with Crippen LogP contribution in [0.4, 0.5) is 0 Å². The Labute approximate surface area is 188 Å². The Morgan fingerprint density at radius 3 is 2.32 bits per heavy atom. The van der Waals surface area contributed by atoms with Crippen molar-refractivity contribution in [3.05, 3.63) is 23.8 Å².